The predicted molar refractivity (Wildman–Crippen MR) is 89.4 cm³/mol. The van der Waals surface area contributed by atoms with E-state index in [0.29, 0.717) is 6.61 Å². The van der Waals surface area contributed by atoms with Crippen LogP contribution < -0.4 is 0 Å². The normalized spacial score (nSPS) is 9.38. The first kappa shape index (κ1) is 27.0. The van der Waals surface area contributed by atoms with E-state index in [1.165, 1.54) is 51.4 Å². The third-order valence-corrected chi connectivity index (χ3v) is 3.06. The molecular formula is C15H30KLiO4. The Morgan fingerprint density at radius 3 is 1.71 bits per heavy atom. The predicted octanol–water partition coefficient (Wildman–Crippen LogP) is 2.63. The minimum absolute atomic E-state index is 0. The maximum absolute atomic E-state index is 10.9. The molecule has 0 rings (SSSR count). The van der Waals surface area contributed by atoms with Crippen molar-refractivity contribution in [3.05, 3.63) is 0 Å². The van der Waals surface area contributed by atoms with E-state index in [9.17, 15) is 9.59 Å². The average Bonchev–Trinajstić information content (AvgIpc) is 2.35. The Bertz CT molecular complexity index is 250. The van der Waals surface area contributed by atoms with Gasteiger partial charge in [-0.15, -0.1) is 0 Å². The summed E-state index contributed by atoms with van der Waals surface area (Å²) in [5.41, 5.74) is 0. The molecular weight excluding hydrogens is 290 g/mol. The number of ether oxygens (including phenoxy) is 1. The quantitative estimate of drug-likeness (QED) is 0.245. The van der Waals surface area contributed by atoms with E-state index >= 15 is 0 Å². The van der Waals surface area contributed by atoms with Gasteiger partial charge in [0.25, 0.3) is 0 Å². The van der Waals surface area contributed by atoms with Crippen LogP contribution in [0, 0.1) is 0 Å². The van der Waals surface area contributed by atoms with Crippen molar-refractivity contribution in [3.8, 4) is 0 Å². The molecule has 0 bridgehead atoms. The Kier molecular flexibility index (Phi) is 27.3. The topological polar surface area (TPSA) is 63.6 Å². The fourth-order valence-electron chi connectivity index (χ4n) is 1.95. The van der Waals surface area contributed by atoms with Crippen LogP contribution in [-0.4, -0.2) is 93.9 Å². The van der Waals surface area contributed by atoms with Gasteiger partial charge >= 0.3 is 82.2 Å². The van der Waals surface area contributed by atoms with Crippen molar-refractivity contribution in [1.82, 2.24) is 0 Å². The Balaban J connectivity index is -0.00000162. The van der Waals surface area contributed by atoms with E-state index in [0.717, 1.165) is 12.8 Å². The number of aliphatic carboxylic acids is 1. The van der Waals surface area contributed by atoms with Gasteiger partial charge in [0.15, 0.2) is 0 Å². The second-order valence-electron chi connectivity index (χ2n) is 4.97. The third-order valence-electron chi connectivity index (χ3n) is 3.06. The van der Waals surface area contributed by atoms with Crippen molar-refractivity contribution in [2.75, 3.05) is 6.61 Å². The second kappa shape index (κ2) is 21.2. The number of carboxylic acids is 1. The summed E-state index contributed by atoms with van der Waals surface area (Å²) >= 11 is 0. The second-order valence-corrected chi connectivity index (χ2v) is 4.97. The zero-order valence-electron chi connectivity index (χ0n) is 12.2. The molecule has 21 heavy (non-hydrogen) atoms. The van der Waals surface area contributed by atoms with E-state index < -0.39 is 18.4 Å². The van der Waals surface area contributed by atoms with Crippen molar-refractivity contribution in [2.45, 2.75) is 77.6 Å². The SMILES string of the molecule is CCCCCCCCCCCCOC(=O)CC(=O)O.[KH].[LiH]. The van der Waals surface area contributed by atoms with Crippen molar-refractivity contribution < 1.29 is 19.4 Å². The number of hydrogen-bond acceptors (Lipinski definition) is 3. The molecule has 0 amide bonds. The first-order chi connectivity index (χ1) is 9.16. The summed E-state index contributed by atoms with van der Waals surface area (Å²) < 4.78 is 4.81. The summed E-state index contributed by atoms with van der Waals surface area (Å²) in [6, 6.07) is 0. The molecule has 116 valence electrons. The molecule has 0 aromatic heterocycles. The van der Waals surface area contributed by atoms with Crippen molar-refractivity contribution in [1.29, 1.82) is 0 Å². The number of rotatable bonds is 13. The van der Waals surface area contributed by atoms with Crippen molar-refractivity contribution >= 4 is 82.2 Å². The van der Waals surface area contributed by atoms with Crippen LogP contribution in [0.4, 0.5) is 0 Å². The van der Waals surface area contributed by atoms with Crippen molar-refractivity contribution in [3.63, 3.8) is 0 Å². The van der Waals surface area contributed by atoms with Crippen LogP contribution in [0.2, 0.25) is 0 Å². The molecule has 0 fully saturated rings. The summed E-state index contributed by atoms with van der Waals surface area (Å²) in [5, 5.41) is 8.36. The number of esters is 1. The number of unbranched alkanes of at least 4 members (excludes halogenated alkanes) is 9. The van der Waals surface area contributed by atoms with Crippen molar-refractivity contribution in [2.24, 2.45) is 0 Å². The summed E-state index contributed by atoms with van der Waals surface area (Å²) in [6.45, 7) is 2.58. The molecule has 6 heteroatoms. The standard InChI is InChI=1S/C15H28O4.K.Li.2H/c1-2-3-4-5-6-7-8-9-10-11-12-19-15(18)13-14(16)17;;;;/h2-13H2,1H3,(H,16,17);;;;. The van der Waals surface area contributed by atoms with Crippen LogP contribution in [0.5, 0.6) is 0 Å². The van der Waals surface area contributed by atoms with Gasteiger partial charge in [0.05, 0.1) is 6.61 Å². The summed E-state index contributed by atoms with van der Waals surface area (Å²) in [6.07, 6.45) is 11.7. The van der Waals surface area contributed by atoms with Gasteiger partial charge in [0.2, 0.25) is 0 Å². The molecule has 0 radical (unpaired) electrons. The van der Waals surface area contributed by atoms with E-state index in [1.54, 1.807) is 0 Å². The van der Waals surface area contributed by atoms with Gasteiger partial charge in [-0.25, -0.2) is 0 Å². The maximum atomic E-state index is 10.9. The zero-order chi connectivity index (χ0) is 14.3. The summed E-state index contributed by atoms with van der Waals surface area (Å²) in [7, 11) is 0. The van der Waals surface area contributed by atoms with Crippen LogP contribution in [0.3, 0.4) is 0 Å². The zero-order valence-corrected chi connectivity index (χ0v) is 12.2. The molecule has 0 saturated carbocycles. The summed E-state index contributed by atoms with van der Waals surface area (Å²) in [4.78, 5) is 21.1. The third kappa shape index (κ3) is 23.6. The molecule has 0 heterocycles. The van der Waals surface area contributed by atoms with E-state index in [2.05, 4.69) is 6.92 Å². The number of carbonyl (C=O) groups is 2. The van der Waals surface area contributed by atoms with Crippen LogP contribution in [0.1, 0.15) is 77.6 Å². The average molecular weight is 320 g/mol. The molecule has 0 aromatic rings. The summed E-state index contributed by atoms with van der Waals surface area (Å²) in [5.74, 6) is -1.77. The van der Waals surface area contributed by atoms with Crippen LogP contribution >= 0.6 is 0 Å². The Labute approximate surface area is 183 Å². The molecule has 0 atom stereocenters. The fraction of sp³-hybridized carbons (Fsp3) is 0.867. The number of carbonyl (C=O) groups excluding carboxylic acids is 1. The fourth-order valence-corrected chi connectivity index (χ4v) is 1.95. The molecule has 0 unspecified atom stereocenters. The van der Waals surface area contributed by atoms with Gasteiger partial charge in [-0.2, -0.15) is 0 Å². The minimum atomic E-state index is -1.13. The van der Waals surface area contributed by atoms with Gasteiger partial charge in [0, 0.05) is 0 Å². The van der Waals surface area contributed by atoms with E-state index in [-0.39, 0.29) is 70.2 Å². The van der Waals surface area contributed by atoms with Gasteiger partial charge < -0.3 is 9.84 Å². The van der Waals surface area contributed by atoms with Gasteiger partial charge in [-0.3, -0.25) is 9.59 Å². The Hall–Kier alpha value is 1.17. The van der Waals surface area contributed by atoms with Gasteiger partial charge in [-0.1, -0.05) is 64.7 Å². The first-order valence-electron chi connectivity index (χ1n) is 7.54. The molecule has 0 aliphatic carbocycles. The van der Waals surface area contributed by atoms with Crippen LogP contribution in [0.15, 0.2) is 0 Å². The molecule has 0 aliphatic rings. The van der Waals surface area contributed by atoms with Gasteiger partial charge in [0.1, 0.15) is 6.42 Å². The molecule has 0 spiro atoms. The van der Waals surface area contributed by atoms with Crippen LogP contribution in [-0.2, 0) is 14.3 Å². The molecule has 0 aliphatic heterocycles. The molecule has 0 aromatic carbocycles. The molecule has 1 N–H and O–H groups in total. The monoisotopic (exact) mass is 320 g/mol. The Morgan fingerprint density at radius 2 is 1.29 bits per heavy atom. The van der Waals surface area contributed by atoms with Crippen LogP contribution in [0.25, 0.3) is 0 Å². The molecule has 0 saturated heterocycles. The first-order valence-corrected chi connectivity index (χ1v) is 7.54. The van der Waals surface area contributed by atoms with Gasteiger partial charge in [-0.05, 0) is 6.42 Å². The molecule has 4 nitrogen and oxygen atoms in total. The van der Waals surface area contributed by atoms with E-state index in [4.69, 9.17) is 9.84 Å². The van der Waals surface area contributed by atoms with E-state index in [1.807, 2.05) is 0 Å². The Morgan fingerprint density at radius 1 is 0.857 bits per heavy atom. The number of carboxylic acid groups (broad SMARTS) is 1. The number of hydrogen-bond donors (Lipinski definition) is 1.